The molecule has 1 N–H and O–H groups in total. The molecular formula is C23H39N3O5S. The molecule has 182 valence electrons. The molecule has 0 bridgehead atoms. The number of hydrogen-bond donors (Lipinski definition) is 1. The third-order valence-electron chi connectivity index (χ3n) is 5.46. The topological polar surface area (TPSA) is 88.2 Å². The zero-order valence-electron chi connectivity index (χ0n) is 20.3. The number of nitrogens with one attached hydrogen (secondary N) is 1. The van der Waals surface area contributed by atoms with Gasteiger partial charge in [-0.25, -0.2) is 8.42 Å². The molecule has 2 rings (SSSR count). The third-order valence-corrected chi connectivity index (χ3v) is 7.36. The lowest BCUT2D eigenvalue weighted by Crippen LogP contribution is -2.45. The van der Waals surface area contributed by atoms with Gasteiger partial charge in [0.05, 0.1) is 18.1 Å². The minimum Gasteiger partial charge on any atom is -0.490 e. The summed E-state index contributed by atoms with van der Waals surface area (Å²) in [6, 6.07) is 4.71. The number of carbonyl (C=O) groups excluding carboxylic acids is 1. The van der Waals surface area contributed by atoms with Gasteiger partial charge in [-0.3, -0.25) is 4.79 Å². The largest absolute Gasteiger partial charge is 0.490 e. The second-order valence-electron chi connectivity index (χ2n) is 9.27. The number of hydrogen-bond acceptors (Lipinski definition) is 6. The molecule has 0 spiro atoms. The molecule has 0 aliphatic carbocycles. The molecule has 1 aromatic rings. The lowest BCUT2D eigenvalue weighted by molar-refractivity contribution is -0.126. The van der Waals surface area contributed by atoms with E-state index in [9.17, 15) is 13.2 Å². The molecular weight excluding hydrogens is 430 g/mol. The summed E-state index contributed by atoms with van der Waals surface area (Å²) >= 11 is 0. The molecule has 1 aliphatic heterocycles. The highest BCUT2D eigenvalue weighted by molar-refractivity contribution is 7.89. The molecule has 1 saturated heterocycles. The maximum absolute atomic E-state index is 13.2. The molecule has 1 amide bonds. The van der Waals surface area contributed by atoms with E-state index < -0.39 is 10.0 Å². The molecule has 1 aromatic carbocycles. The summed E-state index contributed by atoms with van der Waals surface area (Å²) in [6.07, 6.45) is 1.02. The Morgan fingerprint density at radius 2 is 1.72 bits per heavy atom. The molecule has 1 aliphatic rings. The van der Waals surface area contributed by atoms with E-state index in [0.29, 0.717) is 57.2 Å². The van der Waals surface area contributed by atoms with Gasteiger partial charge in [0.25, 0.3) is 0 Å². The summed E-state index contributed by atoms with van der Waals surface area (Å²) in [5.74, 6) is 0.787. The lowest BCUT2D eigenvalue weighted by Gasteiger charge is -2.32. The van der Waals surface area contributed by atoms with Crippen LogP contribution in [0.25, 0.3) is 0 Å². The first kappa shape index (κ1) is 26.4. The molecule has 32 heavy (non-hydrogen) atoms. The molecule has 8 nitrogen and oxygen atoms in total. The number of carbonyl (C=O) groups is 1. The van der Waals surface area contributed by atoms with Crippen molar-refractivity contribution in [3.63, 3.8) is 0 Å². The van der Waals surface area contributed by atoms with Crippen molar-refractivity contribution in [1.82, 2.24) is 14.5 Å². The van der Waals surface area contributed by atoms with Crippen LogP contribution in [0.1, 0.15) is 40.5 Å². The van der Waals surface area contributed by atoms with Crippen LogP contribution < -0.4 is 14.8 Å². The third kappa shape index (κ3) is 7.08. The molecule has 0 unspecified atom stereocenters. The summed E-state index contributed by atoms with van der Waals surface area (Å²) in [6.45, 7) is 10.9. The van der Waals surface area contributed by atoms with Gasteiger partial charge in [-0.2, -0.15) is 4.31 Å². The fourth-order valence-electron chi connectivity index (χ4n) is 4.08. The van der Waals surface area contributed by atoms with E-state index >= 15 is 0 Å². The van der Waals surface area contributed by atoms with Crippen LogP contribution in [-0.4, -0.2) is 77.0 Å². The van der Waals surface area contributed by atoms with Crippen LogP contribution in [0, 0.1) is 11.3 Å². The molecule has 0 saturated carbocycles. The normalized spacial score (nSPS) is 16.2. The number of rotatable bonds is 11. The zero-order chi connectivity index (χ0) is 23.9. The highest BCUT2D eigenvalue weighted by atomic mass is 32.2. The Morgan fingerprint density at radius 3 is 2.28 bits per heavy atom. The van der Waals surface area contributed by atoms with Crippen LogP contribution in [0.5, 0.6) is 11.5 Å². The van der Waals surface area contributed by atoms with E-state index in [4.69, 9.17) is 9.47 Å². The number of sulfonamides is 1. The number of benzene rings is 1. The highest BCUT2D eigenvalue weighted by Crippen LogP contribution is 2.32. The van der Waals surface area contributed by atoms with E-state index in [2.05, 4.69) is 24.1 Å². The quantitative estimate of drug-likeness (QED) is 0.536. The van der Waals surface area contributed by atoms with Gasteiger partial charge in [-0.15, -0.1) is 0 Å². The molecule has 9 heteroatoms. The molecule has 1 heterocycles. The Kier molecular flexibility index (Phi) is 9.36. The number of piperidine rings is 1. The van der Waals surface area contributed by atoms with Gasteiger partial charge >= 0.3 is 0 Å². The van der Waals surface area contributed by atoms with E-state index in [1.54, 1.807) is 12.1 Å². The van der Waals surface area contributed by atoms with Crippen LogP contribution in [0.2, 0.25) is 0 Å². The van der Waals surface area contributed by atoms with Crippen molar-refractivity contribution >= 4 is 15.9 Å². The lowest BCUT2D eigenvalue weighted by atomic mass is 9.91. The van der Waals surface area contributed by atoms with Crippen molar-refractivity contribution in [2.75, 3.05) is 53.5 Å². The van der Waals surface area contributed by atoms with Gasteiger partial charge in [0, 0.05) is 38.2 Å². The number of nitrogens with zero attached hydrogens (tertiary/aromatic N) is 2. The molecule has 0 atom stereocenters. The fourth-order valence-corrected chi connectivity index (χ4v) is 5.57. The first-order chi connectivity index (χ1) is 15.0. The monoisotopic (exact) mass is 469 g/mol. The molecule has 1 fully saturated rings. The first-order valence-corrected chi connectivity index (χ1v) is 12.8. The summed E-state index contributed by atoms with van der Waals surface area (Å²) < 4.78 is 38.9. The Balaban J connectivity index is 2.00. The number of amides is 1. The maximum atomic E-state index is 13.2. The van der Waals surface area contributed by atoms with Gasteiger partial charge < -0.3 is 19.7 Å². The average molecular weight is 470 g/mol. The first-order valence-electron chi connectivity index (χ1n) is 11.3. The van der Waals surface area contributed by atoms with E-state index in [1.165, 1.54) is 10.4 Å². The van der Waals surface area contributed by atoms with Crippen LogP contribution in [0.3, 0.4) is 0 Å². The van der Waals surface area contributed by atoms with Crippen LogP contribution in [0.15, 0.2) is 23.1 Å². The van der Waals surface area contributed by atoms with Gasteiger partial charge in [0.15, 0.2) is 11.5 Å². The summed E-state index contributed by atoms with van der Waals surface area (Å²) in [5, 5.41) is 3.06. The Morgan fingerprint density at radius 1 is 1.12 bits per heavy atom. The van der Waals surface area contributed by atoms with Crippen LogP contribution >= 0.6 is 0 Å². The summed E-state index contributed by atoms with van der Waals surface area (Å²) in [5.41, 5.74) is -0.0326. The summed E-state index contributed by atoms with van der Waals surface area (Å²) in [4.78, 5) is 14.9. The van der Waals surface area contributed by atoms with E-state index in [1.807, 2.05) is 27.9 Å². The Bertz CT molecular complexity index is 862. The van der Waals surface area contributed by atoms with Crippen LogP contribution in [0.4, 0.5) is 0 Å². The predicted octanol–water partition coefficient (Wildman–Crippen LogP) is 2.59. The zero-order valence-corrected chi connectivity index (χ0v) is 21.1. The second-order valence-corrected chi connectivity index (χ2v) is 11.2. The minimum atomic E-state index is -3.67. The van der Waals surface area contributed by atoms with Crippen molar-refractivity contribution < 1.29 is 22.7 Å². The standard InChI is InChI=1S/C23H39N3O5S/c1-7-30-20-10-9-19(15-21(20)31-8-2)32(28,29)26-13-11-18(12-14-26)22(27)24-16-23(3,4)17-25(5)6/h9-10,15,18H,7-8,11-14,16-17H2,1-6H3,(H,24,27). The predicted molar refractivity (Wildman–Crippen MR) is 126 cm³/mol. The second kappa shape index (κ2) is 11.3. The fraction of sp³-hybridized carbons (Fsp3) is 0.696. The van der Waals surface area contributed by atoms with Gasteiger partial charge in [0.1, 0.15) is 0 Å². The van der Waals surface area contributed by atoms with Crippen molar-refractivity contribution in [2.24, 2.45) is 11.3 Å². The maximum Gasteiger partial charge on any atom is 0.243 e. The summed E-state index contributed by atoms with van der Waals surface area (Å²) in [7, 11) is 0.358. The average Bonchev–Trinajstić information content (AvgIpc) is 2.73. The van der Waals surface area contributed by atoms with Crippen molar-refractivity contribution in [1.29, 1.82) is 0 Å². The van der Waals surface area contributed by atoms with Gasteiger partial charge in [-0.1, -0.05) is 13.8 Å². The minimum absolute atomic E-state index is 0.00794. The smallest absolute Gasteiger partial charge is 0.243 e. The van der Waals surface area contributed by atoms with E-state index in [-0.39, 0.29) is 22.1 Å². The Hall–Kier alpha value is -1.84. The number of ether oxygens (including phenoxy) is 2. The van der Waals surface area contributed by atoms with Crippen molar-refractivity contribution in [3.8, 4) is 11.5 Å². The van der Waals surface area contributed by atoms with Gasteiger partial charge in [-0.05, 0) is 58.3 Å². The molecule has 0 radical (unpaired) electrons. The van der Waals surface area contributed by atoms with Crippen LogP contribution in [-0.2, 0) is 14.8 Å². The van der Waals surface area contributed by atoms with E-state index in [0.717, 1.165) is 6.54 Å². The Labute approximate surface area is 193 Å². The molecule has 0 aromatic heterocycles. The van der Waals surface area contributed by atoms with Crippen molar-refractivity contribution in [2.45, 2.75) is 45.4 Å². The highest BCUT2D eigenvalue weighted by Gasteiger charge is 2.33. The van der Waals surface area contributed by atoms with Gasteiger partial charge in [0.2, 0.25) is 15.9 Å². The SMILES string of the molecule is CCOc1ccc(S(=O)(=O)N2CCC(C(=O)NCC(C)(C)CN(C)C)CC2)cc1OCC. The van der Waals surface area contributed by atoms with Crippen molar-refractivity contribution in [3.05, 3.63) is 18.2 Å².